The molecule has 6 fully saturated rings. The van der Waals surface area contributed by atoms with Crippen LogP contribution in [0, 0.1) is 57.2 Å². The molecule has 2 heterocycles. The molecule has 6 nitrogen and oxygen atoms in total. The predicted octanol–water partition coefficient (Wildman–Crippen LogP) is 10.5. The molecule has 58 heavy (non-hydrogen) atoms. The molecular weight excluding hydrogens is 715 g/mol. The van der Waals surface area contributed by atoms with Gasteiger partial charge in [-0.15, -0.1) is 6.58 Å². The number of hydrogen-bond donors (Lipinski definition) is 2. The van der Waals surface area contributed by atoms with Crippen molar-refractivity contribution in [2.45, 2.75) is 136 Å². The number of rotatable bonds is 9. The molecule has 0 radical (unpaired) electrons. The number of carboxylic acid groups (broad SMARTS) is 1. The van der Waals surface area contributed by atoms with Gasteiger partial charge in [0.2, 0.25) is 5.91 Å². The highest BCUT2D eigenvalue weighted by atomic mass is 16.4. The molecule has 0 aromatic heterocycles. The second-order valence-corrected chi connectivity index (χ2v) is 22.2. The summed E-state index contributed by atoms with van der Waals surface area (Å²) in [4.78, 5) is 31.2. The predicted molar refractivity (Wildman–Crippen MR) is 234 cm³/mol. The largest absolute Gasteiger partial charge is 0.478 e. The Morgan fingerprint density at radius 1 is 0.897 bits per heavy atom. The van der Waals surface area contributed by atoms with Crippen LogP contribution in [0.5, 0.6) is 0 Å². The van der Waals surface area contributed by atoms with E-state index in [9.17, 15) is 14.7 Å². The van der Waals surface area contributed by atoms with Crippen LogP contribution in [-0.2, 0) is 11.3 Å². The van der Waals surface area contributed by atoms with Gasteiger partial charge >= 0.3 is 5.97 Å². The Labute approximate surface area is 349 Å². The number of aromatic carboxylic acids is 1. The van der Waals surface area contributed by atoms with Crippen LogP contribution in [0.4, 0.5) is 0 Å². The van der Waals surface area contributed by atoms with E-state index >= 15 is 0 Å². The molecule has 2 saturated heterocycles. The lowest BCUT2D eigenvalue weighted by molar-refractivity contribution is -0.221. The molecule has 2 bridgehead atoms. The van der Waals surface area contributed by atoms with Crippen molar-refractivity contribution in [3.8, 4) is 0 Å². The van der Waals surface area contributed by atoms with E-state index in [1.807, 2.05) is 12.1 Å². The fourth-order valence-electron chi connectivity index (χ4n) is 16.4. The van der Waals surface area contributed by atoms with Gasteiger partial charge in [0, 0.05) is 31.2 Å². The zero-order valence-electron chi connectivity index (χ0n) is 36.7. The molecule has 1 amide bonds. The van der Waals surface area contributed by atoms with Gasteiger partial charge in [-0.25, -0.2) is 4.79 Å². The summed E-state index contributed by atoms with van der Waals surface area (Å²) in [6.45, 7) is 25.6. The molecule has 6 heteroatoms. The Kier molecular flexibility index (Phi) is 9.64. The average Bonchev–Trinajstić information content (AvgIpc) is 3.85. The maximum atomic E-state index is 14.5. The molecule has 2 aromatic carbocycles. The van der Waals surface area contributed by atoms with Gasteiger partial charge in [-0.2, -0.15) is 0 Å². The molecule has 9 rings (SSSR count). The summed E-state index contributed by atoms with van der Waals surface area (Å²) < 4.78 is 0. The number of allylic oxidation sites excluding steroid dienone is 2. The van der Waals surface area contributed by atoms with Gasteiger partial charge in [-0.3, -0.25) is 14.6 Å². The minimum atomic E-state index is -0.868. The summed E-state index contributed by atoms with van der Waals surface area (Å²) in [5, 5.41) is 13.5. The van der Waals surface area contributed by atoms with E-state index in [-0.39, 0.29) is 38.6 Å². The summed E-state index contributed by atoms with van der Waals surface area (Å²) in [6, 6.07) is 18.9. The molecule has 2 N–H and O–H groups in total. The summed E-state index contributed by atoms with van der Waals surface area (Å²) >= 11 is 0. The highest BCUT2D eigenvalue weighted by Crippen LogP contribution is 2.76. The molecule has 5 aliphatic carbocycles. The van der Waals surface area contributed by atoms with E-state index in [2.05, 4.69) is 113 Å². The van der Waals surface area contributed by atoms with Crippen molar-refractivity contribution in [1.82, 2.24) is 15.1 Å². The summed E-state index contributed by atoms with van der Waals surface area (Å²) in [6.07, 6.45) is 16.5. The van der Waals surface area contributed by atoms with Gasteiger partial charge in [0.15, 0.2) is 0 Å². The van der Waals surface area contributed by atoms with Crippen LogP contribution >= 0.6 is 0 Å². The number of hydrogen-bond acceptors (Lipinski definition) is 4. The van der Waals surface area contributed by atoms with Crippen molar-refractivity contribution in [3.63, 3.8) is 0 Å². The van der Waals surface area contributed by atoms with Gasteiger partial charge in [-0.1, -0.05) is 103 Å². The first-order valence-corrected chi connectivity index (χ1v) is 23.0. The second kappa shape index (κ2) is 13.9. The van der Waals surface area contributed by atoms with Crippen molar-refractivity contribution >= 4 is 17.4 Å². The van der Waals surface area contributed by atoms with E-state index in [1.54, 1.807) is 12.1 Å². The number of carboxylic acids is 1. The zero-order valence-corrected chi connectivity index (χ0v) is 36.7. The van der Waals surface area contributed by atoms with Crippen LogP contribution < -0.4 is 5.32 Å². The van der Waals surface area contributed by atoms with Crippen LogP contribution in [-0.4, -0.2) is 63.5 Å². The maximum absolute atomic E-state index is 14.5. The topological polar surface area (TPSA) is 72.9 Å². The Bertz CT molecular complexity index is 1970. The number of amides is 1. The lowest BCUT2D eigenvalue weighted by Crippen LogP contribution is -2.69. The van der Waals surface area contributed by atoms with Gasteiger partial charge in [0.1, 0.15) is 0 Å². The molecule has 7 aliphatic rings. The highest BCUT2D eigenvalue weighted by Gasteiger charge is 2.71. The molecule has 11 atom stereocenters. The molecular formula is C52H71N3O3. The second-order valence-electron chi connectivity index (χ2n) is 22.2. The van der Waals surface area contributed by atoms with E-state index < -0.39 is 5.97 Å². The third-order valence-corrected chi connectivity index (χ3v) is 19.3. The van der Waals surface area contributed by atoms with Crippen LogP contribution in [0.1, 0.15) is 134 Å². The van der Waals surface area contributed by atoms with Crippen LogP contribution in [0.15, 0.2) is 73.3 Å². The van der Waals surface area contributed by atoms with Crippen molar-refractivity contribution in [2.75, 3.05) is 19.6 Å². The van der Waals surface area contributed by atoms with Crippen molar-refractivity contribution in [1.29, 1.82) is 0 Å². The molecule has 312 valence electrons. The smallest absolute Gasteiger partial charge is 0.335 e. The quantitative estimate of drug-likeness (QED) is 0.248. The number of fused-ring (bicyclic) bond motifs is 9. The van der Waals surface area contributed by atoms with Crippen molar-refractivity contribution in [2.24, 2.45) is 57.2 Å². The third kappa shape index (κ3) is 5.83. The SMILES string of the molecule is C=C[C@@]12C[C@@H](CN1CC(=O)N[C@]13CC[C@@H](C(C)C)C1[C@H]1CCC4[C@@]5(C)CC=C(c6ccc(C(=O)O)cc6)C(C)(C)C5CC[C@@]4(C)[C@]1(C)CC3)N(Cc1ccccc1)C2. The van der Waals surface area contributed by atoms with Crippen molar-refractivity contribution < 1.29 is 14.7 Å². The van der Waals surface area contributed by atoms with Crippen LogP contribution in [0.2, 0.25) is 0 Å². The summed E-state index contributed by atoms with van der Waals surface area (Å²) in [5.41, 5.74) is 4.70. The Hall–Kier alpha value is -3.22. The summed E-state index contributed by atoms with van der Waals surface area (Å²) in [7, 11) is 0. The molecule has 4 saturated carbocycles. The van der Waals surface area contributed by atoms with Crippen LogP contribution in [0.3, 0.4) is 0 Å². The number of nitrogens with zero attached hydrogens (tertiary/aromatic N) is 2. The number of carbonyl (C=O) groups is 2. The van der Waals surface area contributed by atoms with Gasteiger partial charge in [0.25, 0.3) is 0 Å². The Balaban J connectivity index is 0.947. The molecule has 3 unspecified atom stereocenters. The number of benzene rings is 2. The van der Waals surface area contributed by atoms with Gasteiger partial charge in [0.05, 0.1) is 17.6 Å². The minimum absolute atomic E-state index is 0.00376. The third-order valence-electron chi connectivity index (χ3n) is 19.3. The Morgan fingerprint density at radius 3 is 2.33 bits per heavy atom. The molecule has 2 aliphatic heterocycles. The van der Waals surface area contributed by atoms with Crippen molar-refractivity contribution in [3.05, 3.63) is 90.0 Å². The fraction of sp³-hybridized carbons (Fsp3) is 0.654. The number of nitrogens with one attached hydrogen (secondary N) is 1. The highest BCUT2D eigenvalue weighted by molar-refractivity contribution is 5.88. The number of piperazine rings is 1. The monoisotopic (exact) mass is 786 g/mol. The molecule has 0 spiro atoms. The minimum Gasteiger partial charge on any atom is -0.478 e. The first-order chi connectivity index (χ1) is 27.5. The number of likely N-dealkylation sites (tertiary alicyclic amines) is 2. The average molecular weight is 786 g/mol. The maximum Gasteiger partial charge on any atom is 0.335 e. The lowest BCUT2D eigenvalue weighted by Gasteiger charge is -2.72. The first kappa shape index (κ1) is 40.2. The molecule has 2 aromatic rings. The summed E-state index contributed by atoms with van der Waals surface area (Å²) in [5.74, 6) is 2.96. The Morgan fingerprint density at radius 2 is 1.64 bits per heavy atom. The van der Waals surface area contributed by atoms with Crippen LogP contribution in [0.25, 0.3) is 5.57 Å². The van der Waals surface area contributed by atoms with Gasteiger partial charge in [-0.05, 0) is 150 Å². The van der Waals surface area contributed by atoms with E-state index in [1.165, 1.54) is 55.2 Å². The normalized spacial score (nSPS) is 41.6. The van der Waals surface area contributed by atoms with Gasteiger partial charge < -0.3 is 10.4 Å². The zero-order chi connectivity index (χ0) is 41.0. The van der Waals surface area contributed by atoms with E-state index in [0.717, 1.165) is 45.3 Å². The van der Waals surface area contributed by atoms with E-state index in [0.29, 0.717) is 53.7 Å². The fourth-order valence-corrected chi connectivity index (χ4v) is 16.4. The lowest BCUT2D eigenvalue weighted by atomic mass is 9.33. The van der Waals surface area contributed by atoms with E-state index in [4.69, 9.17) is 0 Å². The number of carbonyl (C=O) groups excluding carboxylic acids is 1. The standard InChI is InChI=1S/C52H71N3O3/c1-9-51-29-38(54(33-51)30-35-13-11-10-12-14-35)31-55(51)32-44(56)53-52-26-21-39(34(2)3)45(52)41-19-20-43-48(6)24-22-40(36-15-17-37(18-16-36)46(57)58)47(4,5)42(48)23-25-50(43,8)49(41,7)27-28-52/h9-18,22,34,38-39,41-43,45H,1,19-21,23-33H2,2-8H3,(H,53,56)(H,57,58)/t38-,39-,41+,42?,43?,45?,48-,49+,50+,51-,52-/m0/s1. The first-order valence-electron chi connectivity index (χ1n) is 23.0.